The van der Waals surface area contributed by atoms with Gasteiger partial charge in [0, 0.05) is 26.9 Å². The standard InChI is InChI=1S/C16H18N8O2/c17-7-3-1-2-5(9(7)19)13(23)16(26)15(25)6(2)12(22)8(18)4(1)11(21)14(24)10(3)20/h25-26H,17-24H2. The van der Waals surface area contributed by atoms with E-state index in [9.17, 15) is 10.2 Å². The molecule has 0 atom stereocenters. The summed E-state index contributed by atoms with van der Waals surface area (Å²) in [5.74, 6) is -1.10. The first kappa shape index (κ1) is 15.4. The highest BCUT2D eigenvalue weighted by molar-refractivity contribution is 6.42. The molecular formula is C16H18N8O2. The van der Waals surface area contributed by atoms with Gasteiger partial charge in [-0.1, -0.05) is 0 Å². The van der Waals surface area contributed by atoms with Gasteiger partial charge in [-0.05, 0) is 0 Å². The minimum absolute atomic E-state index is 0.00311. The van der Waals surface area contributed by atoms with Gasteiger partial charge in [0.25, 0.3) is 0 Å². The molecule has 10 nitrogen and oxygen atoms in total. The molecule has 0 amide bonds. The lowest BCUT2D eigenvalue weighted by Crippen LogP contribution is -2.09. The molecule has 0 fully saturated rings. The number of benzene rings is 4. The Balaban J connectivity index is 2.63. The molecule has 0 aliphatic rings. The van der Waals surface area contributed by atoms with E-state index in [0.29, 0.717) is 21.5 Å². The Morgan fingerprint density at radius 3 is 1.08 bits per heavy atom. The van der Waals surface area contributed by atoms with Crippen molar-refractivity contribution in [1.82, 2.24) is 0 Å². The number of rotatable bonds is 0. The summed E-state index contributed by atoms with van der Waals surface area (Å²) in [6.45, 7) is 0. The second-order valence-electron chi connectivity index (χ2n) is 6.26. The molecular weight excluding hydrogens is 336 g/mol. The average molecular weight is 354 g/mol. The Morgan fingerprint density at radius 1 is 0.308 bits per heavy atom. The predicted octanol–water partition coefficient (Wildman–Crippen LogP) is 0.653. The second-order valence-corrected chi connectivity index (χ2v) is 6.26. The minimum Gasteiger partial charge on any atom is -0.504 e. The summed E-state index contributed by atoms with van der Waals surface area (Å²) in [5.41, 5.74) is 49.4. The van der Waals surface area contributed by atoms with E-state index in [1.807, 2.05) is 0 Å². The van der Waals surface area contributed by atoms with E-state index >= 15 is 0 Å². The van der Waals surface area contributed by atoms with Crippen molar-refractivity contribution in [2.75, 3.05) is 45.9 Å². The summed E-state index contributed by atoms with van der Waals surface area (Å²) in [7, 11) is 0. The maximum absolute atomic E-state index is 10.4. The number of aromatic hydroxyl groups is 2. The lowest BCUT2D eigenvalue weighted by Gasteiger charge is -2.24. The van der Waals surface area contributed by atoms with E-state index < -0.39 is 11.5 Å². The molecule has 4 rings (SSSR count). The van der Waals surface area contributed by atoms with Gasteiger partial charge in [0.1, 0.15) is 0 Å². The number of anilines is 8. The maximum atomic E-state index is 10.4. The highest BCUT2D eigenvalue weighted by Gasteiger charge is 2.28. The first-order valence-electron chi connectivity index (χ1n) is 7.51. The highest BCUT2D eigenvalue weighted by Crippen LogP contribution is 2.57. The lowest BCUT2D eigenvalue weighted by atomic mass is 9.86. The number of nitrogens with two attached hydrogens (primary N) is 8. The highest BCUT2D eigenvalue weighted by atomic mass is 16.3. The van der Waals surface area contributed by atoms with Gasteiger partial charge in [-0.2, -0.15) is 0 Å². The topological polar surface area (TPSA) is 249 Å². The van der Waals surface area contributed by atoms with Crippen molar-refractivity contribution in [3.8, 4) is 11.5 Å². The molecule has 134 valence electrons. The molecule has 0 radical (unpaired) electrons. The molecule has 0 bridgehead atoms. The molecule has 0 saturated heterocycles. The summed E-state index contributed by atoms with van der Waals surface area (Å²) in [5, 5.41) is 22.4. The van der Waals surface area contributed by atoms with Crippen molar-refractivity contribution >= 4 is 77.8 Å². The van der Waals surface area contributed by atoms with Crippen LogP contribution in [0.2, 0.25) is 0 Å². The van der Waals surface area contributed by atoms with Crippen LogP contribution in [0.1, 0.15) is 0 Å². The van der Waals surface area contributed by atoms with Crippen LogP contribution >= 0.6 is 0 Å². The van der Waals surface area contributed by atoms with Gasteiger partial charge in [-0.3, -0.25) is 0 Å². The van der Waals surface area contributed by atoms with Crippen molar-refractivity contribution in [2.45, 2.75) is 0 Å². The monoisotopic (exact) mass is 354 g/mol. The molecule has 0 heterocycles. The number of phenols is 2. The van der Waals surface area contributed by atoms with E-state index in [1.165, 1.54) is 0 Å². The van der Waals surface area contributed by atoms with E-state index in [4.69, 9.17) is 45.9 Å². The molecule has 4 aromatic carbocycles. The molecule has 26 heavy (non-hydrogen) atoms. The Bertz CT molecular complexity index is 1090. The van der Waals surface area contributed by atoms with Crippen LogP contribution in [-0.2, 0) is 0 Å². The van der Waals surface area contributed by atoms with Crippen LogP contribution in [0.5, 0.6) is 11.5 Å². The SMILES string of the molecule is Nc1c(N)c2c(N)c(N)c3c(N)c(O)c(O)c4c(N)c(N)c(c1N)c2c34. The average Bonchev–Trinajstić information content (AvgIpc) is 2.60. The van der Waals surface area contributed by atoms with Crippen molar-refractivity contribution in [1.29, 1.82) is 0 Å². The van der Waals surface area contributed by atoms with Crippen LogP contribution in [0.4, 0.5) is 45.5 Å². The van der Waals surface area contributed by atoms with Gasteiger partial charge in [0.05, 0.1) is 50.9 Å². The molecule has 0 spiro atoms. The maximum Gasteiger partial charge on any atom is 0.182 e. The molecule has 4 aromatic rings. The first-order chi connectivity index (χ1) is 12.1. The van der Waals surface area contributed by atoms with Crippen molar-refractivity contribution in [2.24, 2.45) is 0 Å². The lowest BCUT2D eigenvalue weighted by molar-refractivity contribution is 0.410. The largest absolute Gasteiger partial charge is 0.504 e. The number of hydrogen-bond acceptors (Lipinski definition) is 10. The summed E-state index contributed by atoms with van der Waals surface area (Å²) in [6, 6.07) is 0. The van der Waals surface area contributed by atoms with E-state index in [-0.39, 0.29) is 56.3 Å². The first-order valence-corrected chi connectivity index (χ1v) is 7.51. The van der Waals surface area contributed by atoms with E-state index in [1.54, 1.807) is 0 Å². The summed E-state index contributed by atoms with van der Waals surface area (Å²) in [4.78, 5) is 0. The summed E-state index contributed by atoms with van der Waals surface area (Å²) >= 11 is 0. The third kappa shape index (κ3) is 1.38. The molecule has 0 unspecified atom stereocenters. The Hall–Kier alpha value is -4.08. The smallest absolute Gasteiger partial charge is 0.182 e. The Morgan fingerprint density at radius 2 is 0.615 bits per heavy atom. The van der Waals surface area contributed by atoms with Crippen molar-refractivity contribution in [3.05, 3.63) is 0 Å². The molecule has 10 heteroatoms. The van der Waals surface area contributed by atoms with Crippen LogP contribution < -0.4 is 45.9 Å². The van der Waals surface area contributed by atoms with Gasteiger partial charge in [-0.25, -0.2) is 0 Å². The van der Waals surface area contributed by atoms with Crippen LogP contribution in [-0.4, -0.2) is 10.2 Å². The summed E-state index contributed by atoms with van der Waals surface area (Å²) in [6.07, 6.45) is 0. The number of phenolic OH excluding ortho intramolecular Hbond substituents is 2. The number of hydrogen-bond donors (Lipinski definition) is 10. The third-order valence-corrected chi connectivity index (χ3v) is 5.01. The van der Waals surface area contributed by atoms with Crippen LogP contribution in [0.25, 0.3) is 32.3 Å². The van der Waals surface area contributed by atoms with Gasteiger partial charge < -0.3 is 56.1 Å². The van der Waals surface area contributed by atoms with Crippen molar-refractivity contribution in [3.63, 3.8) is 0 Å². The van der Waals surface area contributed by atoms with E-state index in [0.717, 1.165) is 0 Å². The fourth-order valence-electron chi connectivity index (χ4n) is 3.69. The molecule has 0 aromatic heterocycles. The third-order valence-electron chi connectivity index (χ3n) is 5.01. The normalized spacial score (nSPS) is 11.8. The quantitative estimate of drug-likeness (QED) is 0.120. The van der Waals surface area contributed by atoms with Crippen LogP contribution in [0, 0.1) is 0 Å². The van der Waals surface area contributed by atoms with Gasteiger partial charge in [0.15, 0.2) is 11.5 Å². The zero-order valence-electron chi connectivity index (χ0n) is 13.5. The van der Waals surface area contributed by atoms with Gasteiger partial charge in [0.2, 0.25) is 0 Å². The second kappa shape index (κ2) is 4.30. The number of nitrogen functional groups attached to an aromatic ring is 8. The molecule has 0 saturated carbocycles. The Kier molecular flexibility index (Phi) is 2.56. The summed E-state index contributed by atoms with van der Waals surface area (Å²) < 4.78 is 0. The zero-order chi connectivity index (χ0) is 19.2. The van der Waals surface area contributed by atoms with E-state index in [2.05, 4.69) is 0 Å². The molecule has 0 aliphatic carbocycles. The van der Waals surface area contributed by atoms with Crippen molar-refractivity contribution < 1.29 is 10.2 Å². The fourth-order valence-corrected chi connectivity index (χ4v) is 3.69. The molecule has 18 N–H and O–H groups in total. The Labute approximate surface area is 146 Å². The minimum atomic E-state index is -0.575. The van der Waals surface area contributed by atoms with Gasteiger partial charge >= 0.3 is 0 Å². The fraction of sp³-hybridized carbons (Fsp3) is 0. The van der Waals surface area contributed by atoms with Gasteiger partial charge in [-0.15, -0.1) is 0 Å². The van der Waals surface area contributed by atoms with Crippen LogP contribution in [0.15, 0.2) is 0 Å². The zero-order valence-corrected chi connectivity index (χ0v) is 13.5. The van der Waals surface area contributed by atoms with Crippen LogP contribution in [0.3, 0.4) is 0 Å². The molecule has 0 aliphatic heterocycles. The predicted molar refractivity (Wildman–Crippen MR) is 109 cm³/mol.